The van der Waals surface area contributed by atoms with Crippen molar-refractivity contribution in [1.29, 1.82) is 0 Å². The highest BCUT2D eigenvalue weighted by atomic mass is 32.2. The summed E-state index contributed by atoms with van der Waals surface area (Å²) in [7, 11) is -3.61. The molecule has 1 fully saturated rings. The molecule has 0 saturated carbocycles. The zero-order valence-electron chi connectivity index (χ0n) is 16.0. The van der Waals surface area contributed by atoms with Gasteiger partial charge in [-0.3, -0.25) is 4.79 Å². The SMILES string of the molecule is CCC(NC(=O)c1cc(S(=O)(=O)N2CCCC2)c(C)o1)c1ccc(C)cc1. The first-order valence-corrected chi connectivity index (χ1v) is 10.7. The molecule has 0 bridgehead atoms. The number of carbonyl (C=O) groups excluding carboxylic acids is 1. The number of rotatable bonds is 6. The van der Waals surface area contributed by atoms with Gasteiger partial charge in [0.1, 0.15) is 10.7 Å². The summed E-state index contributed by atoms with van der Waals surface area (Å²) in [6.45, 7) is 6.61. The summed E-state index contributed by atoms with van der Waals surface area (Å²) < 4.78 is 32.5. The second-order valence-corrected chi connectivity index (χ2v) is 8.89. The summed E-state index contributed by atoms with van der Waals surface area (Å²) in [4.78, 5) is 12.7. The van der Waals surface area contributed by atoms with Crippen LogP contribution in [0.15, 0.2) is 39.6 Å². The van der Waals surface area contributed by atoms with Crippen molar-refractivity contribution in [1.82, 2.24) is 9.62 Å². The quantitative estimate of drug-likeness (QED) is 0.818. The van der Waals surface area contributed by atoms with Crippen LogP contribution in [0.4, 0.5) is 0 Å². The Bertz CT molecular complexity index is 910. The molecule has 1 unspecified atom stereocenters. The largest absolute Gasteiger partial charge is 0.455 e. The van der Waals surface area contributed by atoms with E-state index in [4.69, 9.17) is 4.42 Å². The van der Waals surface area contributed by atoms with Gasteiger partial charge in [-0.05, 0) is 38.7 Å². The molecule has 1 aromatic carbocycles. The fourth-order valence-corrected chi connectivity index (χ4v) is 5.03. The molecule has 146 valence electrons. The zero-order valence-corrected chi connectivity index (χ0v) is 16.8. The van der Waals surface area contributed by atoms with Gasteiger partial charge in [0.2, 0.25) is 10.0 Å². The number of amides is 1. The molecular formula is C20H26N2O4S. The van der Waals surface area contributed by atoms with Crippen molar-refractivity contribution >= 4 is 15.9 Å². The highest BCUT2D eigenvalue weighted by Gasteiger charge is 2.32. The fourth-order valence-electron chi connectivity index (χ4n) is 3.35. The molecule has 3 rings (SSSR count). The lowest BCUT2D eigenvalue weighted by Crippen LogP contribution is -2.28. The Morgan fingerprint density at radius 3 is 2.41 bits per heavy atom. The van der Waals surface area contributed by atoms with Gasteiger partial charge in [0.15, 0.2) is 5.76 Å². The molecule has 6 nitrogen and oxygen atoms in total. The Balaban J connectivity index is 1.80. The van der Waals surface area contributed by atoms with E-state index in [0.717, 1.165) is 24.0 Å². The lowest BCUT2D eigenvalue weighted by Gasteiger charge is -2.17. The molecule has 0 radical (unpaired) electrons. The molecular weight excluding hydrogens is 364 g/mol. The van der Waals surface area contributed by atoms with Crippen LogP contribution in [0.25, 0.3) is 0 Å². The van der Waals surface area contributed by atoms with E-state index in [9.17, 15) is 13.2 Å². The Kier molecular flexibility index (Phi) is 5.72. The number of benzene rings is 1. The van der Waals surface area contributed by atoms with Gasteiger partial charge >= 0.3 is 0 Å². The van der Waals surface area contributed by atoms with E-state index in [2.05, 4.69) is 5.32 Å². The normalized spacial score (nSPS) is 16.4. The molecule has 1 aliphatic heterocycles. The van der Waals surface area contributed by atoms with E-state index in [-0.39, 0.29) is 22.5 Å². The Hall–Kier alpha value is -2.12. The fraction of sp³-hybridized carbons (Fsp3) is 0.450. The number of nitrogens with zero attached hydrogens (tertiary/aromatic N) is 1. The second kappa shape index (κ2) is 7.86. The average molecular weight is 391 g/mol. The minimum absolute atomic E-state index is 0.0239. The number of hydrogen-bond acceptors (Lipinski definition) is 4. The minimum atomic E-state index is -3.61. The van der Waals surface area contributed by atoms with E-state index in [1.54, 1.807) is 6.92 Å². The third kappa shape index (κ3) is 4.09. The van der Waals surface area contributed by atoms with Crippen LogP contribution in [0.1, 0.15) is 59.7 Å². The number of hydrogen-bond donors (Lipinski definition) is 1. The minimum Gasteiger partial charge on any atom is -0.455 e. The van der Waals surface area contributed by atoms with Crippen LogP contribution in [0.3, 0.4) is 0 Å². The predicted octanol–water partition coefficient (Wildman–Crippen LogP) is 3.56. The number of carbonyl (C=O) groups is 1. The Labute approximate surface area is 160 Å². The van der Waals surface area contributed by atoms with E-state index in [1.807, 2.05) is 38.1 Å². The number of aryl methyl sites for hydroxylation is 2. The van der Waals surface area contributed by atoms with E-state index in [1.165, 1.54) is 10.4 Å². The molecule has 1 aliphatic rings. The molecule has 0 aliphatic carbocycles. The van der Waals surface area contributed by atoms with Gasteiger partial charge in [-0.25, -0.2) is 8.42 Å². The number of nitrogens with one attached hydrogen (secondary N) is 1. The van der Waals surface area contributed by atoms with Gasteiger partial charge in [0.25, 0.3) is 5.91 Å². The van der Waals surface area contributed by atoms with Crippen molar-refractivity contribution in [3.05, 3.63) is 53.0 Å². The van der Waals surface area contributed by atoms with E-state index >= 15 is 0 Å². The van der Waals surface area contributed by atoms with Crippen LogP contribution in [-0.2, 0) is 10.0 Å². The van der Waals surface area contributed by atoms with Crippen LogP contribution in [0, 0.1) is 13.8 Å². The van der Waals surface area contributed by atoms with Crippen molar-refractivity contribution in [3.8, 4) is 0 Å². The molecule has 0 spiro atoms. The summed E-state index contributed by atoms with van der Waals surface area (Å²) >= 11 is 0. The van der Waals surface area contributed by atoms with Crippen molar-refractivity contribution in [2.45, 2.75) is 51.0 Å². The van der Waals surface area contributed by atoms with E-state index < -0.39 is 15.9 Å². The zero-order chi connectivity index (χ0) is 19.6. The lowest BCUT2D eigenvalue weighted by atomic mass is 10.0. The maximum atomic E-state index is 12.8. The van der Waals surface area contributed by atoms with Gasteiger partial charge in [0.05, 0.1) is 6.04 Å². The summed E-state index contributed by atoms with van der Waals surface area (Å²) in [6, 6.07) is 9.16. The molecule has 1 aromatic heterocycles. The smallest absolute Gasteiger partial charge is 0.287 e. The Morgan fingerprint density at radius 2 is 1.81 bits per heavy atom. The van der Waals surface area contributed by atoms with Gasteiger partial charge in [-0.1, -0.05) is 36.8 Å². The molecule has 1 N–H and O–H groups in total. The van der Waals surface area contributed by atoms with Crippen molar-refractivity contribution < 1.29 is 17.6 Å². The van der Waals surface area contributed by atoms with Crippen LogP contribution >= 0.6 is 0 Å². The van der Waals surface area contributed by atoms with Gasteiger partial charge in [-0.2, -0.15) is 4.31 Å². The standard InChI is InChI=1S/C20H26N2O4S/c1-4-17(16-9-7-14(2)8-10-16)21-20(23)18-13-19(15(3)26-18)27(24,25)22-11-5-6-12-22/h7-10,13,17H,4-6,11-12H2,1-3H3,(H,21,23). The van der Waals surface area contributed by atoms with Crippen LogP contribution in [-0.4, -0.2) is 31.7 Å². The third-order valence-electron chi connectivity index (χ3n) is 4.97. The van der Waals surface area contributed by atoms with Gasteiger partial charge in [-0.15, -0.1) is 0 Å². The molecule has 7 heteroatoms. The van der Waals surface area contributed by atoms with Crippen molar-refractivity contribution in [2.75, 3.05) is 13.1 Å². The number of furan rings is 1. The molecule has 1 amide bonds. The predicted molar refractivity (Wildman–Crippen MR) is 103 cm³/mol. The molecule has 1 atom stereocenters. The summed E-state index contributed by atoms with van der Waals surface area (Å²) in [5.74, 6) is -0.139. The highest BCUT2D eigenvalue weighted by Crippen LogP contribution is 2.27. The first-order valence-electron chi connectivity index (χ1n) is 9.31. The van der Waals surface area contributed by atoms with Crippen molar-refractivity contribution in [3.63, 3.8) is 0 Å². The average Bonchev–Trinajstić information content (AvgIpc) is 3.30. The van der Waals surface area contributed by atoms with Crippen LogP contribution in [0.2, 0.25) is 0 Å². The highest BCUT2D eigenvalue weighted by molar-refractivity contribution is 7.89. The maximum Gasteiger partial charge on any atom is 0.287 e. The molecule has 2 heterocycles. The molecule has 27 heavy (non-hydrogen) atoms. The van der Waals surface area contributed by atoms with Crippen molar-refractivity contribution in [2.24, 2.45) is 0 Å². The van der Waals surface area contributed by atoms with Gasteiger partial charge in [0, 0.05) is 19.2 Å². The topological polar surface area (TPSA) is 79.6 Å². The first-order chi connectivity index (χ1) is 12.8. The summed E-state index contributed by atoms with van der Waals surface area (Å²) in [5.41, 5.74) is 2.16. The monoisotopic (exact) mass is 390 g/mol. The van der Waals surface area contributed by atoms with Crippen LogP contribution < -0.4 is 5.32 Å². The van der Waals surface area contributed by atoms with Gasteiger partial charge < -0.3 is 9.73 Å². The molecule has 2 aromatic rings. The number of sulfonamides is 1. The summed E-state index contributed by atoms with van der Waals surface area (Å²) in [5, 5.41) is 2.94. The lowest BCUT2D eigenvalue weighted by molar-refractivity contribution is 0.0906. The Morgan fingerprint density at radius 1 is 1.19 bits per heavy atom. The third-order valence-corrected chi connectivity index (χ3v) is 6.98. The second-order valence-electron chi connectivity index (χ2n) is 6.99. The molecule has 1 saturated heterocycles. The van der Waals surface area contributed by atoms with Crippen LogP contribution in [0.5, 0.6) is 0 Å². The van der Waals surface area contributed by atoms with E-state index in [0.29, 0.717) is 19.5 Å². The first kappa shape index (κ1) is 19.6. The summed E-state index contributed by atoms with van der Waals surface area (Å²) in [6.07, 6.45) is 2.43. The maximum absolute atomic E-state index is 12.8.